The van der Waals surface area contributed by atoms with Crippen molar-refractivity contribution in [3.8, 4) is 0 Å². The largest absolute Gasteiger partial charge is 1.00 e. The molecule has 6 heteroatoms. The normalized spacial score (nSPS) is 8.67. The number of nitrogens with one attached hydrogen (secondary N) is 1. The van der Waals surface area contributed by atoms with Crippen LogP contribution in [0.4, 0.5) is 0 Å². The average molecular weight is 161 g/mol. The Kier molecular flexibility index (Phi) is 17.0. The molecule has 0 aromatic heterocycles. The molecule has 0 spiro atoms. The van der Waals surface area contributed by atoms with Gasteiger partial charge in [-0.05, 0) is 7.05 Å². The molecule has 0 aromatic carbocycles. The van der Waals surface area contributed by atoms with E-state index in [1.165, 1.54) is 0 Å². The van der Waals surface area contributed by atoms with Crippen LogP contribution in [0.1, 0.15) is 0 Å². The van der Waals surface area contributed by atoms with E-state index in [2.05, 4.69) is 14.7 Å². The van der Waals surface area contributed by atoms with E-state index in [1.54, 1.807) is 0 Å². The van der Waals surface area contributed by atoms with E-state index in [1.807, 2.05) is 7.05 Å². The van der Waals surface area contributed by atoms with E-state index in [-0.39, 0.29) is 29.6 Å². The molecule has 0 saturated carbocycles. The van der Waals surface area contributed by atoms with Crippen LogP contribution in [0.3, 0.4) is 0 Å². The van der Waals surface area contributed by atoms with Crippen LogP contribution in [0.15, 0.2) is 0 Å². The molecule has 0 amide bonds. The van der Waals surface area contributed by atoms with Gasteiger partial charge in [-0.2, -0.15) is 4.33 Å². The van der Waals surface area contributed by atoms with Crippen molar-refractivity contribution in [3.63, 3.8) is 0 Å². The molecule has 0 aromatic rings. The molecule has 4 nitrogen and oxygen atoms in total. The summed E-state index contributed by atoms with van der Waals surface area (Å²) in [5, 5.41) is 15.1. The van der Waals surface area contributed by atoms with Gasteiger partial charge in [0.2, 0.25) is 0 Å². The van der Waals surface area contributed by atoms with Gasteiger partial charge in [0.15, 0.2) is 0 Å². The third kappa shape index (κ3) is 12.4. The number of hydrogen-bond acceptors (Lipinski definition) is 5. The van der Waals surface area contributed by atoms with Gasteiger partial charge in [-0.1, -0.05) is 0 Å². The molecule has 0 radical (unpaired) electrons. The summed E-state index contributed by atoms with van der Waals surface area (Å²) >= 11 is 0.981. The molecule has 0 fully saturated rings. The van der Waals surface area contributed by atoms with Crippen molar-refractivity contribution < 1.29 is 44.2 Å². The summed E-state index contributed by atoms with van der Waals surface area (Å²) in [5.74, 6) is 0.707. The van der Waals surface area contributed by atoms with Crippen LogP contribution in [-0.4, -0.2) is 19.3 Å². The summed E-state index contributed by atoms with van der Waals surface area (Å²) in [7, 11) is 1.82. The Morgan fingerprint density at radius 2 is 2.33 bits per heavy atom. The van der Waals surface area contributed by atoms with Gasteiger partial charge in [0.25, 0.3) is 0 Å². The second-order valence-corrected chi connectivity index (χ2v) is 1.84. The molecule has 0 unspecified atom stereocenters. The van der Waals surface area contributed by atoms with Crippen LogP contribution >= 0.6 is 12.0 Å². The van der Waals surface area contributed by atoms with Crippen LogP contribution < -0.4 is 40.1 Å². The fraction of sp³-hybridized carbons (Fsp3) is 1.00. The fourth-order valence-electron chi connectivity index (χ4n) is 0.197. The molecule has 0 aliphatic rings. The summed E-state index contributed by atoms with van der Waals surface area (Å²) in [6.45, 7) is 0.800. The third-order valence-corrected chi connectivity index (χ3v) is 1.03. The Labute approximate surface area is 80.6 Å². The van der Waals surface area contributed by atoms with Crippen LogP contribution in [0.2, 0.25) is 0 Å². The van der Waals surface area contributed by atoms with Gasteiger partial charge >= 0.3 is 29.6 Å². The summed E-state index contributed by atoms with van der Waals surface area (Å²) in [6.07, 6.45) is 0. The van der Waals surface area contributed by atoms with E-state index in [4.69, 9.17) is 5.26 Å². The van der Waals surface area contributed by atoms with E-state index in [0.29, 0.717) is 5.75 Å². The van der Waals surface area contributed by atoms with Gasteiger partial charge in [-0.25, -0.2) is 0 Å². The molecule has 0 bridgehead atoms. The summed E-state index contributed by atoms with van der Waals surface area (Å²) in [5.41, 5.74) is 0. The Morgan fingerprint density at radius 3 is 2.78 bits per heavy atom. The number of rotatable bonds is 5. The minimum atomic E-state index is 0. The minimum Gasteiger partial charge on any atom is -0.691 e. The van der Waals surface area contributed by atoms with Crippen LogP contribution in [0.5, 0.6) is 0 Å². The van der Waals surface area contributed by atoms with Gasteiger partial charge < -0.3 is 10.6 Å². The first kappa shape index (κ1) is 12.8. The van der Waals surface area contributed by atoms with E-state index in [9.17, 15) is 0 Å². The molecular formula is C3H8NNaO3S. The molecule has 50 valence electrons. The van der Waals surface area contributed by atoms with Crippen molar-refractivity contribution in [2.75, 3.05) is 19.3 Å². The molecule has 0 aliphatic heterocycles. The Bertz CT molecular complexity index is 44.0. The zero-order valence-corrected chi connectivity index (χ0v) is 8.36. The Morgan fingerprint density at radius 1 is 1.67 bits per heavy atom. The quantitative estimate of drug-likeness (QED) is 0.147. The minimum absolute atomic E-state index is 0. The van der Waals surface area contributed by atoms with Gasteiger partial charge in [-0.3, -0.25) is 5.04 Å². The van der Waals surface area contributed by atoms with Crippen molar-refractivity contribution >= 4 is 12.0 Å². The molecule has 0 heterocycles. The Balaban J connectivity index is 0. The summed E-state index contributed by atoms with van der Waals surface area (Å²) in [4.78, 5) is 0. The SMILES string of the molecule is CNCCSOO[O-].[Na+]. The van der Waals surface area contributed by atoms with Gasteiger partial charge in [0, 0.05) is 24.3 Å². The zero-order chi connectivity index (χ0) is 6.24. The Hall–Kier alpha value is 1.19. The zero-order valence-electron chi connectivity index (χ0n) is 5.55. The predicted molar refractivity (Wildman–Crippen MR) is 28.6 cm³/mol. The smallest absolute Gasteiger partial charge is 0.691 e. The first-order chi connectivity index (χ1) is 3.91. The third-order valence-electron chi connectivity index (χ3n) is 0.511. The van der Waals surface area contributed by atoms with Gasteiger partial charge in [0.1, 0.15) is 0 Å². The average Bonchev–Trinajstić information content (AvgIpc) is 1.81. The molecule has 0 rings (SSSR count). The standard InChI is InChI=1S/C3H9NO3S.Na/c1-4-2-3-8-7-6-5;/h4-5H,2-3H2,1H3;/q;+1/p-1. The predicted octanol–water partition coefficient (Wildman–Crippen LogP) is -3.92. The molecule has 0 saturated heterocycles. The van der Waals surface area contributed by atoms with E-state index >= 15 is 0 Å². The van der Waals surface area contributed by atoms with Gasteiger partial charge in [0.05, 0.1) is 0 Å². The number of hydrogen-bond donors (Lipinski definition) is 1. The van der Waals surface area contributed by atoms with Crippen LogP contribution in [0, 0.1) is 0 Å². The van der Waals surface area contributed by atoms with E-state index in [0.717, 1.165) is 18.6 Å². The molecular weight excluding hydrogens is 153 g/mol. The maximum absolute atomic E-state index is 9.13. The first-order valence-electron chi connectivity index (χ1n) is 2.14. The molecule has 9 heavy (non-hydrogen) atoms. The van der Waals surface area contributed by atoms with Crippen molar-refractivity contribution in [2.24, 2.45) is 0 Å². The summed E-state index contributed by atoms with van der Waals surface area (Å²) in [6, 6.07) is 0. The first-order valence-corrected chi connectivity index (χ1v) is 3.05. The topological polar surface area (TPSA) is 53.5 Å². The maximum atomic E-state index is 9.13. The maximum Gasteiger partial charge on any atom is 1.00 e. The van der Waals surface area contributed by atoms with Gasteiger partial charge in [-0.15, -0.1) is 0 Å². The second kappa shape index (κ2) is 11.9. The molecule has 0 atom stereocenters. The van der Waals surface area contributed by atoms with E-state index < -0.39 is 0 Å². The summed E-state index contributed by atoms with van der Waals surface area (Å²) < 4.78 is 3.96. The molecule has 0 aliphatic carbocycles. The van der Waals surface area contributed by atoms with Crippen LogP contribution in [0.25, 0.3) is 0 Å². The van der Waals surface area contributed by atoms with Crippen molar-refractivity contribution in [3.05, 3.63) is 0 Å². The molecule has 1 N–H and O–H groups in total. The fourth-order valence-corrected chi connectivity index (χ4v) is 0.592. The van der Waals surface area contributed by atoms with Crippen molar-refractivity contribution in [2.45, 2.75) is 0 Å². The monoisotopic (exact) mass is 161 g/mol. The second-order valence-electron chi connectivity index (χ2n) is 1.06. The van der Waals surface area contributed by atoms with Crippen molar-refractivity contribution in [1.29, 1.82) is 0 Å². The van der Waals surface area contributed by atoms with Crippen LogP contribution in [-0.2, 0) is 9.37 Å². The van der Waals surface area contributed by atoms with Crippen molar-refractivity contribution in [1.82, 2.24) is 5.32 Å².